The van der Waals surface area contributed by atoms with Crippen molar-refractivity contribution in [3.05, 3.63) is 0 Å². The van der Waals surface area contributed by atoms with E-state index >= 15 is 0 Å². The van der Waals surface area contributed by atoms with E-state index in [1.165, 1.54) is 70.6 Å². The van der Waals surface area contributed by atoms with Crippen LogP contribution in [0.3, 0.4) is 0 Å². The van der Waals surface area contributed by atoms with Crippen LogP contribution in [0.4, 0.5) is 0 Å². The lowest BCUT2D eigenvalue weighted by Gasteiger charge is -2.38. The van der Waals surface area contributed by atoms with Crippen molar-refractivity contribution in [2.75, 3.05) is 6.61 Å². The Balaban J connectivity index is 1.90. The SMILES string of the molecule is [SiH3]OCCC(C1CCCCC1)C1CCCCC1. The van der Waals surface area contributed by atoms with Crippen molar-refractivity contribution in [1.82, 2.24) is 0 Å². The molecule has 100 valence electrons. The molecule has 0 N–H and O–H groups in total. The van der Waals surface area contributed by atoms with Crippen molar-refractivity contribution in [2.45, 2.75) is 70.6 Å². The summed E-state index contributed by atoms with van der Waals surface area (Å²) in [5, 5.41) is 0. The van der Waals surface area contributed by atoms with E-state index in [9.17, 15) is 0 Å². The molecular formula is C15H30OSi. The Labute approximate surface area is 110 Å². The smallest absolute Gasteiger partial charge is 0.145 e. The van der Waals surface area contributed by atoms with Gasteiger partial charge in [0.1, 0.15) is 10.5 Å². The molecule has 2 heteroatoms. The van der Waals surface area contributed by atoms with Crippen LogP contribution in [0, 0.1) is 17.8 Å². The van der Waals surface area contributed by atoms with E-state index in [0.717, 1.165) is 34.8 Å². The van der Waals surface area contributed by atoms with Crippen LogP contribution in [-0.2, 0) is 4.43 Å². The van der Waals surface area contributed by atoms with Gasteiger partial charge in [0, 0.05) is 6.61 Å². The van der Waals surface area contributed by atoms with Gasteiger partial charge in [-0.25, -0.2) is 0 Å². The second kappa shape index (κ2) is 7.58. The Morgan fingerprint density at radius 2 is 1.29 bits per heavy atom. The van der Waals surface area contributed by atoms with Crippen LogP contribution < -0.4 is 0 Å². The average Bonchev–Trinajstić information content (AvgIpc) is 2.42. The number of hydrogen-bond donors (Lipinski definition) is 0. The monoisotopic (exact) mass is 254 g/mol. The summed E-state index contributed by atoms with van der Waals surface area (Å²) < 4.78 is 5.49. The summed E-state index contributed by atoms with van der Waals surface area (Å²) in [6, 6.07) is 0. The molecule has 1 nitrogen and oxygen atoms in total. The Kier molecular flexibility index (Phi) is 6.06. The molecule has 2 saturated carbocycles. The molecule has 0 aromatic rings. The molecule has 0 spiro atoms. The summed E-state index contributed by atoms with van der Waals surface area (Å²) in [6.07, 6.45) is 16.4. The Morgan fingerprint density at radius 3 is 1.71 bits per heavy atom. The summed E-state index contributed by atoms with van der Waals surface area (Å²) in [4.78, 5) is 0. The second-order valence-corrected chi connectivity index (χ2v) is 6.82. The second-order valence-electron chi connectivity index (χ2n) is 6.24. The lowest BCUT2D eigenvalue weighted by atomic mass is 9.68. The minimum Gasteiger partial charge on any atom is -0.428 e. The molecule has 0 amide bonds. The number of hydrogen-bond acceptors (Lipinski definition) is 1. The van der Waals surface area contributed by atoms with Gasteiger partial charge in [-0.05, 0) is 24.2 Å². The molecular weight excluding hydrogens is 224 g/mol. The van der Waals surface area contributed by atoms with Crippen molar-refractivity contribution >= 4 is 10.5 Å². The highest BCUT2D eigenvalue weighted by Gasteiger charge is 2.30. The van der Waals surface area contributed by atoms with Gasteiger partial charge >= 0.3 is 0 Å². The highest BCUT2D eigenvalue weighted by molar-refractivity contribution is 5.97. The zero-order valence-electron chi connectivity index (χ0n) is 11.6. The van der Waals surface area contributed by atoms with Crippen LogP contribution in [0.5, 0.6) is 0 Å². The molecule has 2 aliphatic rings. The Morgan fingerprint density at radius 1 is 0.824 bits per heavy atom. The summed E-state index contributed by atoms with van der Waals surface area (Å²) in [5.41, 5.74) is 0. The third-order valence-corrected chi connectivity index (χ3v) is 5.57. The van der Waals surface area contributed by atoms with Gasteiger partial charge in [-0.1, -0.05) is 64.2 Å². The van der Waals surface area contributed by atoms with Crippen molar-refractivity contribution in [3.8, 4) is 0 Å². The van der Waals surface area contributed by atoms with Gasteiger partial charge in [0.2, 0.25) is 0 Å². The molecule has 2 aliphatic carbocycles. The zero-order chi connectivity index (χ0) is 11.9. The Hall–Kier alpha value is 0.177. The van der Waals surface area contributed by atoms with Crippen molar-refractivity contribution < 1.29 is 4.43 Å². The predicted molar refractivity (Wildman–Crippen MR) is 77.1 cm³/mol. The molecule has 2 fully saturated rings. The molecule has 0 bridgehead atoms. The first-order valence-corrected chi connectivity index (χ1v) is 8.72. The first-order chi connectivity index (χ1) is 8.42. The quantitative estimate of drug-likeness (QED) is 0.683. The van der Waals surface area contributed by atoms with Gasteiger partial charge in [-0.15, -0.1) is 0 Å². The van der Waals surface area contributed by atoms with Crippen LogP contribution in [0.15, 0.2) is 0 Å². The number of rotatable bonds is 5. The largest absolute Gasteiger partial charge is 0.428 e. The summed E-state index contributed by atoms with van der Waals surface area (Å²) >= 11 is 0. The fourth-order valence-electron chi connectivity index (χ4n) is 4.23. The standard InChI is InChI=1S/C15H30OSi/c17-16-12-11-15(13-7-3-1-4-8-13)14-9-5-2-6-10-14/h13-15H,1-12H2,17H3. The third-order valence-electron chi connectivity index (χ3n) is 5.17. The molecule has 0 aromatic carbocycles. The maximum Gasteiger partial charge on any atom is 0.145 e. The predicted octanol–water partition coefficient (Wildman–Crippen LogP) is 3.45. The van der Waals surface area contributed by atoms with E-state index in [0.29, 0.717) is 0 Å². The van der Waals surface area contributed by atoms with E-state index in [1.54, 1.807) is 0 Å². The van der Waals surface area contributed by atoms with Gasteiger partial charge in [0.15, 0.2) is 0 Å². The van der Waals surface area contributed by atoms with Crippen molar-refractivity contribution in [1.29, 1.82) is 0 Å². The van der Waals surface area contributed by atoms with Crippen LogP contribution in [0.25, 0.3) is 0 Å². The maximum atomic E-state index is 5.49. The lowest BCUT2D eigenvalue weighted by molar-refractivity contribution is 0.118. The van der Waals surface area contributed by atoms with Gasteiger partial charge < -0.3 is 4.43 Å². The fourth-order valence-corrected chi connectivity index (χ4v) is 4.47. The van der Waals surface area contributed by atoms with Crippen LogP contribution in [-0.4, -0.2) is 17.1 Å². The van der Waals surface area contributed by atoms with E-state index in [4.69, 9.17) is 4.43 Å². The van der Waals surface area contributed by atoms with Gasteiger partial charge in [0.25, 0.3) is 0 Å². The van der Waals surface area contributed by atoms with Crippen molar-refractivity contribution in [2.24, 2.45) is 17.8 Å². The van der Waals surface area contributed by atoms with E-state index in [-0.39, 0.29) is 0 Å². The minimum atomic E-state index is 0.922. The normalized spacial score (nSPS) is 24.5. The fraction of sp³-hybridized carbons (Fsp3) is 1.00. The Bertz CT molecular complexity index is 177. The van der Waals surface area contributed by atoms with E-state index in [1.807, 2.05) is 0 Å². The van der Waals surface area contributed by atoms with Crippen LogP contribution >= 0.6 is 0 Å². The summed E-state index contributed by atoms with van der Waals surface area (Å²) in [5.74, 6) is 3.09. The molecule has 0 aliphatic heterocycles. The van der Waals surface area contributed by atoms with Gasteiger partial charge in [-0.3, -0.25) is 0 Å². The van der Waals surface area contributed by atoms with Crippen LogP contribution in [0.1, 0.15) is 70.6 Å². The van der Waals surface area contributed by atoms with E-state index < -0.39 is 0 Å². The topological polar surface area (TPSA) is 9.23 Å². The summed E-state index contributed by atoms with van der Waals surface area (Å²) in [7, 11) is 0.922. The molecule has 0 aromatic heterocycles. The third kappa shape index (κ3) is 4.10. The summed E-state index contributed by atoms with van der Waals surface area (Å²) in [6.45, 7) is 1.05. The minimum absolute atomic E-state index is 0.922. The highest BCUT2D eigenvalue weighted by Crippen LogP contribution is 2.41. The van der Waals surface area contributed by atoms with Gasteiger partial charge in [0.05, 0.1) is 0 Å². The molecule has 2 rings (SSSR count). The molecule has 0 unspecified atom stereocenters. The molecule has 17 heavy (non-hydrogen) atoms. The first kappa shape index (κ1) is 13.6. The first-order valence-electron chi connectivity index (χ1n) is 7.90. The van der Waals surface area contributed by atoms with Crippen molar-refractivity contribution in [3.63, 3.8) is 0 Å². The molecule has 0 radical (unpaired) electrons. The molecule has 0 saturated heterocycles. The maximum absolute atomic E-state index is 5.49. The zero-order valence-corrected chi connectivity index (χ0v) is 13.6. The highest BCUT2D eigenvalue weighted by atomic mass is 28.2. The molecule has 0 heterocycles. The van der Waals surface area contributed by atoms with E-state index in [2.05, 4.69) is 0 Å². The lowest BCUT2D eigenvalue weighted by Crippen LogP contribution is -2.28. The van der Waals surface area contributed by atoms with Gasteiger partial charge in [-0.2, -0.15) is 0 Å². The molecule has 0 atom stereocenters. The van der Waals surface area contributed by atoms with Crippen LogP contribution in [0.2, 0.25) is 0 Å². The average molecular weight is 254 g/mol.